The molecule has 0 bridgehead atoms. The molecule has 12 nitrogen and oxygen atoms in total. The van der Waals surface area contributed by atoms with Gasteiger partial charge in [0.1, 0.15) is 34.7 Å². The monoisotopic (exact) mass is 581 g/mol. The molecule has 3 aromatic heterocycles. The molecule has 1 aromatic carbocycles. The first-order valence-electron chi connectivity index (χ1n) is 12.8. The molecule has 1 N–H and O–H groups in total. The van der Waals surface area contributed by atoms with E-state index in [1.807, 2.05) is 48.7 Å². The summed E-state index contributed by atoms with van der Waals surface area (Å²) < 4.78 is 33.8. The Hall–Kier alpha value is -4.23. The van der Waals surface area contributed by atoms with Gasteiger partial charge in [-0.25, -0.2) is 9.97 Å². The Morgan fingerprint density at radius 3 is 2.22 bits per heavy atom. The van der Waals surface area contributed by atoms with Crippen LogP contribution in [0, 0.1) is 6.92 Å². The fraction of sp³-hybridized carbons (Fsp3) is 0.357. The molecule has 41 heavy (non-hydrogen) atoms. The largest absolute Gasteiger partial charge is 0.494 e. The molecule has 3 heterocycles. The van der Waals surface area contributed by atoms with Crippen LogP contribution in [0.15, 0.2) is 42.6 Å². The number of aromatic nitrogens is 6. The molecule has 218 valence electrons. The molecule has 0 saturated carbocycles. The lowest BCUT2D eigenvalue weighted by Crippen LogP contribution is -2.21. The molecule has 0 saturated heterocycles. The highest BCUT2D eigenvalue weighted by Crippen LogP contribution is 2.40. The third-order valence-electron chi connectivity index (χ3n) is 6.34. The van der Waals surface area contributed by atoms with Gasteiger partial charge in [0.25, 0.3) is 0 Å². The quantitative estimate of drug-likeness (QED) is 0.235. The van der Waals surface area contributed by atoms with Gasteiger partial charge in [-0.05, 0) is 44.3 Å². The number of aryl methyl sites for hydroxylation is 1. The first-order valence-corrected chi connectivity index (χ1v) is 14.1. The molecule has 0 aliphatic heterocycles. The van der Waals surface area contributed by atoms with Crippen LogP contribution in [0.2, 0.25) is 0 Å². The normalized spacial score (nSPS) is 13.4. The number of para-hydroxylation sites is 1. The number of pyridine rings is 1. The van der Waals surface area contributed by atoms with Gasteiger partial charge in [0, 0.05) is 24.6 Å². The minimum absolute atomic E-state index is 0.112. The van der Waals surface area contributed by atoms with Gasteiger partial charge < -0.3 is 28.4 Å². The summed E-state index contributed by atoms with van der Waals surface area (Å²) in [5, 5.41) is 11.0. The molecule has 13 heteroatoms. The Bertz CT molecular complexity index is 1510. The Morgan fingerprint density at radius 1 is 0.902 bits per heavy atom. The fourth-order valence-corrected chi connectivity index (χ4v) is 5.96. The summed E-state index contributed by atoms with van der Waals surface area (Å²) >= 11 is 0. The van der Waals surface area contributed by atoms with Crippen LogP contribution in [0.1, 0.15) is 31.3 Å². The van der Waals surface area contributed by atoms with Crippen molar-refractivity contribution in [2.75, 3.05) is 40.3 Å². The van der Waals surface area contributed by atoms with Gasteiger partial charge in [0.2, 0.25) is 17.7 Å². The molecular formula is C28H35N7O5S. The van der Waals surface area contributed by atoms with Gasteiger partial charge in [-0.2, -0.15) is 0 Å². The average Bonchev–Trinajstić information content (AvgIpc) is 3.43. The third kappa shape index (κ3) is 6.10. The van der Waals surface area contributed by atoms with Crippen LogP contribution in [-0.2, 0) is 4.74 Å². The van der Waals surface area contributed by atoms with Gasteiger partial charge in [-0.1, -0.05) is 22.8 Å². The molecule has 3 atom stereocenters. The topological polar surface area (TPSA) is 128 Å². The summed E-state index contributed by atoms with van der Waals surface area (Å²) in [6.07, 6.45) is 1.28. The van der Waals surface area contributed by atoms with Crippen molar-refractivity contribution >= 4 is 22.0 Å². The van der Waals surface area contributed by atoms with E-state index in [2.05, 4.69) is 42.2 Å². The van der Waals surface area contributed by atoms with Crippen molar-refractivity contribution in [3.8, 4) is 40.5 Å². The van der Waals surface area contributed by atoms with Crippen LogP contribution in [0.4, 0.5) is 5.95 Å². The third-order valence-corrected chi connectivity index (χ3v) is 8.32. The molecular weight excluding hydrogens is 546 g/mol. The van der Waals surface area contributed by atoms with Gasteiger partial charge in [0.15, 0.2) is 5.82 Å². The zero-order valence-corrected chi connectivity index (χ0v) is 25.2. The number of benzene rings is 1. The molecule has 0 aliphatic carbocycles. The van der Waals surface area contributed by atoms with Crippen LogP contribution >= 0.6 is 10.7 Å². The fourth-order valence-electron chi connectivity index (χ4n) is 4.37. The van der Waals surface area contributed by atoms with Crippen molar-refractivity contribution in [1.29, 1.82) is 0 Å². The summed E-state index contributed by atoms with van der Waals surface area (Å²) in [5.41, 5.74) is 2.54. The lowest BCUT2D eigenvalue weighted by Gasteiger charge is -2.27. The lowest BCUT2D eigenvalue weighted by molar-refractivity contribution is 0.0976. The predicted molar refractivity (Wildman–Crippen MR) is 160 cm³/mol. The minimum Gasteiger partial charge on any atom is -0.494 e. The summed E-state index contributed by atoms with van der Waals surface area (Å²) in [6, 6.07) is 11.0. The molecule has 0 amide bonds. The number of hydrogen-bond donors (Lipinski definition) is 1. The van der Waals surface area contributed by atoms with Gasteiger partial charge >= 0.3 is 0 Å². The van der Waals surface area contributed by atoms with Gasteiger partial charge in [-0.3, -0.25) is 9.55 Å². The van der Waals surface area contributed by atoms with E-state index in [4.69, 9.17) is 23.7 Å². The first-order chi connectivity index (χ1) is 19.9. The van der Waals surface area contributed by atoms with Gasteiger partial charge in [0.05, 0.1) is 34.1 Å². The maximum Gasteiger partial charge on any atom is 0.239 e. The first kappa shape index (κ1) is 29.7. The number of rotatable bonds is 12. The molecule has 4 rings (SSSR count). The number of hydrogen-bond acceptors (Lipinski definition) is 11. The van der Waals surface area contributed by atoms with E-state index in [9.17, 15) is 0 Å². The Balaban J connectivity index is 1.84. The molecule has 0 aliphatic rings. The van der Waals surface area contributed by atoms with Crippen LogP contribution < -0.4 is 23.7 Å². The number of ether oxygens (including phenoxy) is 5. The zero-order valence-electron chi connectivity index (χ0n) is 24.4. The van der Waals surface area contributed by atoms with Crippen molar-refractivity contribution in [3.05, 3.63) is 54.0 Å². The molecule has 0 radical (unpaired) electrons. The second-order valence-corrected chi connectivity index (χ2v) is 10.9. The van der Waals surface area contributed by atoms with Gasteiger partial charge in [-0.15, -0.1) is 10.2 Å². The van der Waals surface area contributed by atoms with Crippen LogP contribution in [0.25, 0.3) is 17.2 Å². The Kier molecular flexibility index (Phi) is 9.73. The number of nitrogens with zero attached hydrogens (tertiary/aromatic N) is 6. The van der Waals surface area contributed by atoms with Crippen molar-refractivity contribution < 1.29 is 23.7 Å². The van der Waals surface area contributed by atoms with Crippen LogP contribution in [0.3, 0.4) is 0 Å². The van der Waals surface area contributed by atoms with E-state index in [1.54, 1.807) is 47.8 Å². The maximum atomic E-state index is 5.95. The zero-order chi connectivity index (χ0) is 29.5. The van der Waals surface area contributed by atoms with Crippen molar-refractivity contribution in [3.63, 3.8) is 0 Å². The van der Waals surface area contributed by atoms with E-state index < -0.39 is 16.8 Å². The summed E-state index contributed by atoms with van der Waals surface area (Å²) in [5.74, 6) is 2.94. The Labute approximate surface area is 242 Å². The molecule has 0 fully saturated rings. The van der Waals surface area contributed by atoms with E-state index >= 15 is 0 Å². The second-order valence-electron chi connectivity index (χ2n) is 8.74. The highest BCUT2D eigenvalue weighted by Gasteiger charge is 2.29. The summed E-state index contributed by atoms with van der Waals surface area (Å²) in [7, 11) is 7.40. The molecule has 0 spiro atoms. The second kappa shape index (κ2) is 13.4. The standard InChI is InChI=1S/C28H35N7O5S/c1-9-41(18(3)25(39-7)23-27(40-8)30-17(2)16-29-23)34-28-33-32-26(19-12-10-15-22(31-19)38-6)35(28)24-20(36-4)13-11-14-21(24)37-5/h9-16,18,25H,1-8H3,(H,33,34)/t18-,25-,41?/m0/s1. The van der Waals surface area contributed by atoms with Crippen molar-refractivity contribution in [2.24, 2.45) is 0 Å². The summed E-state index contributed by atoms with van der Waals surface area (Å²) in [4.78, 5) is 13.7. The predicted octanol–water partition coefficient (Wildman–Crippen LogP) is 4.66. The summed E-state index contributed by atoms with van der Waals surface area (Å²) in [6.45, 7) is 5.91. The van der Waals surface area contributed by atoms with Crippen LogP contribution in [0.5, 0.6) is 23.3 Å². The highest BCUT2D eigenvalue weighted by atomic mass is 32.2. The van der Waals surface area contributed by atoms with Crippen molar-refractivity contribution in [2.45, 2.75) is 32.1 Å². The van der Waals surface area contributed by atoms with Crippen molar-refractivity contribution in [1.82, 2.24) is 29.7 Å². The van der Waals surface area contributed by atoms with Crippen LogP contribution in [-0.4, -0.2) is 75.9 Å². The van der Waals surface area contributed by atoms with E-state index in [0.717, 1.165) is 5.69 Å². The Morgan fingerprint density at radius 2 is 1.61 bits per heavy atom. The molecule has 4 aromatic rings. The minimum atomic E-state index is -0.597. The van der Waals surface area contributed by atoms with E-state index in [-0.39, 0.29) is 5.25 Å². The van der Waals surface area contributed by atoms with E-state index in [0.29, 0.717) is 52.1 Å². The smallest absolute Gasteiger partial charge is 0.239 e. The molecule has 1 unspecified atom stereocenters. The lowest BCUT2D eigenvalue weighted by atomic mass is 10.2. The highest BCUT2D eigenvalue weighted by molar-refractivity contribution is 8.16. The number of methoxy groups -OCH3 is 5. The van der Waals surface area contributed by atoms with E-state index in [1.165, 1.54) is 0 Å². The maximum absolute atomic E-state index is 5.95. The SMILES string of the molecule is C/C=S(\Nc1nnc(-c2cccc(OC)n2)n1-c1c(OC)cccc1OC)[C@@H](C)[C@H](OC)c1ncc(C)nc1OC. The average molecular weight is 582 g/mol. The number of nitrogens with one attached hydrogen (secondary N) is 1. The number of anilines is 1.